The highest BCUT2D eigenvalue weighted by molar-refractivity contribution is 6.00. The first-order chi connectivity index (χ1) is 16.3. The highest BCUT2D eigenvalue weighted by Crippen LogP contribution is 2.43. The third-order valence-corrected chi connectivity index (χ3v) is 6.46. The van der Waals surface area contributed by atoms with Gasteiger partial charge in [0.15, 0.2) is 0 Å². The third kappa shape index (κ3) is 4.51. The Balaban J connectivity index is 1.80. The van der Waals surface area contributed by atoms with Crippen molar-refractivity contribution in [1.82, 2.24) is 5.01 Å². The minimum absolute atomic E-state index is 0.305. The van der Waals surface area contributed by atoms with E-state index >= 15 is 0 Å². The molecular weight excluding hydrogens is 424 g/mol. The molecule has 0 aliphatic carbocycles. The summed E-state index contributed by atoms with van der Waals surface area (Å²) in [5.41, 5.74) is 4.85. The van der Waals surface area contributed by atoms with Gasteiger partial charge in [-0.25, -0.2) is 5.01 Å². The Morgan fingerprint density at radius 3 is 2.00 bits per heavy atom. The van der Waals surface area contributed by atoms with Gasteiger partial charge in [-0.2, -0.15) is 5.10 Å². The molecular formula is C29H30N2O3. The molecule has 0 saturated carbocycles. The van der Waals surface area contributed by atoms with E-state index in [2.05, 4.69) is 32.8 Å². The van der Waals surface area contributed by atoms with Crippen LogP contribution < -0.4 is 0 Å². The van der Waals surface area contributed by atoms with Crippen LogP contribution in [0.4, 0.5) is 0 Å². The van der Waals surface area contributed by atoms with Crippen LogP contribution in [0.15, 0.2) is 77.9 Å². The Hall–Kier alpha value is -3.73. The van der Waals surface area contributed by atoms with Crippen LogP contribution in [0.5, 0.6) is 0 Å². The molecule has 1 N–H and O–H groups in total. The maximum Gasteiger partial charge on any atom is 0.313 e. The fourth-order valence-electron chi connectivity index (χ4n) is 4.42. The summed E-state index contributed by atoms with van der Waals surface area (Å²) in [6.45, 7) is 8.48. The van der Waals surface area contributed by atoms with Gasteiger partial charge < -0.3 is 5.11 Å². The normalized spacial score (nSPS) is 18.1. The standard InChI is InChI=1S/C29H30N2O3/c1-18(2)21-11-9-20(10-12-21)17-30-31-27(23-15-13-22(14-16-23)19(3)4)26(29(33)34)24-7-5-6-8-25(24)28(31)32/h5-19,26-27H,1-4H3,(H,33,34)/b30-17+/t26-,27-/m0/s1. The predicted octanol–water partition coefficient (Wildman–Crippen LogP) is 6.33. The number of carboxylic acid groups (broad SMARTS) is 1. The maximum absolute atomic E-state index is 13.5. The lowest BCUT2D eigenvalue weighted by Crippen LogP contribution is -2.42. The number of fused-ring (bicyclic) bond motifs is 1. The molecule has 0 unspecified atom stereocenters. The molecule has 5 heteroatoms. The van der Waals surface area contributed by atoms with Gasteiger partial charge in [-0.15, -0.1) is 0 Å². The number of carbonyl (C=O) groups excluding carboxylic acids is 1. The van der Waals surface area contributed by atoms with Gasteiger partial charge in [0.05, 0.1) is 12.3 Å². The van der Waals surface area contributed by atoms with Gasteiger partial charge in [0.25, 0.3) is 5.91 Å². The quantitative estimate of drug-likeness (QED) is 0.442. The molecule has 0 saturated heterocycles. The summed E-state index contributed by atoms with van der Waals surface area (Å²) in [4.78, 5) is 26.0. The zero-order valence-electron chi connectivity index (χ0n) is 20.0. The predicted molar refractivity (Wildman–Crippen MR) is 134 cm³/mol. The zero-order valence-corrected chi connectivity index (χ0v) is 20.0. The van der Waals surface area contributed by atoms with Gasteiger partial charge in [-0.3, -0.25) is 9.59 Å². The minimum atomic E-state index is -0.987. The van der Waals surface area contributed by atoms with Crippen LogP contribution in [-0.2, 0) is 4.79 Å². The van der Waals surface area contributed by atoms with Crippen molar-refractivity contribution in [2.75, 3.05) is 0 Å². The Morgan fingerprint density at radius 1 is 0.882 bits per heavy atom. The smallest absolute Gasteiger partial charge is 0.313 e. The van der Waals surface area contributed by atoms with Gasteiger partial charge >= 0.3 is 5.97 Å². The first kappa shape index (κ1) is 23.4. The van der Waals surface area contributed by atoms with Crippen molar-refractivity contribution >= 4 is 18.1 Å². The molecule has 2 atom stereocenters. The monoisotopic (exact) mass is 454 g/mol. The average Bonchev–Trinajstić information content (AvgIpc) is 2.83. The lowest BCUT2D eigenvalue weighted by molar-refractivity contribution is -0.140. The van der Waals surface area contributed by atoms with E-state index in [9.17, 15) is 14.7 Å². The molecule has 4 rings (SSSR count). The second-order valence-corrected chi connectivity index (χ2v) is 9.39. The minimum Gasteiger partial charge on any atom is -0.481 e. The van der Waals surface area contributed by atoms with Crippen molar-refractivity contribution in [3.8, 4) is 0 Å². The Labute approximate surface area is 200 Å². The summed E-state index contributed by atoms with van der Waals surface area (Å²) in [7, 11) is 0. The van der Waals surface area contributed by atoms with E-state index in [-0.39, 0.29) is 5.91 Å². The number of hydrogen-bond donors (Lipinski definition) is 1. The van der Waals surface area contributed by atoms with Crippen LogP contribution in [0, 0.1) is 0 Å². The zero-order chi connectivity index (χ0) is 24.4. The number of benzene rings is 3. The van der Waals surface area contributed by atoms with E-state index in [0.717, 1.165) is 16.7 Å². The number of aliphatic carboxylic acids is 1. The van der Waals surface area contributed by atoms with E-state index in [1.807, 2.05) is 48.5 Å². The number of nitrogens with zero attached hydrogens (tertiary/aromatic N) is 2. The molecule has 3 aromatic rings. The first-order valence-electron chi connectivity index (χ1n) is 11.7. The van der Waals surface area contributed by atoms with Crippen molar-refractivity contribution in [1.29, 1.82) is 0 Å². The Bertz CT molecular complexity index is 1210. The van der Waals surface area contributed by atoms with E-state index < -0.39 is 17.9 Å². The van der Waals surface area contributed by atoms with Crippen LogP contribution in [0.1, 0.15) is 89.7 Å². The summed E-state index contributed by atoms with van der Waals surface area (Å²) in [6.07, 6.45) is 1.63. The molecule has 0 aromatic heterocycles. The Morgan fingerprint density at radius 2 is 1.44 bits per heavy atom. The molecule has 1 amide bonds. The molecule has 0 radical (unpaired) electrons. The number of carboxylic acids is 1. The maximum atomic E-state index is 13.5. The van der Waals surface area contributed by atoms with Gasteiger partial charge in [0.1, 0.15) is 5.92 Å². The summed E-state index contributed by atoms with van der Waals surface area (Å²) in [6, 6.07) is 22.0. The summed E-state index contributed by atoms with van der Waals surface area (Å²) < 4.78 is 0. The molecule has 3 aromatic carbocycles. The van der Waals surface area contributed by atoms with Gasteiger partial charge in [0, 0.05) is 5.56 Å². The lowest BCUT2D eigenvalue weighted by Gasteiger charge is -2.37. The molecule has 174 valence electrons. The number of rotatable bonds is 6. The van der Waals surface area contributed by atoms with Crippen LogP contribution in [0.2, 0.25) is 0 Å². The van der Waals surface area contributed by atoms with Crippen molar-refractivity contribution in [3.63, 3.8) is 0 Å². The average molecular weight is 455 g/mol. The fraction of sp³-hybridized carbons (Fsp3) is 0.276. The topological polar surface area (TPSA) is 70.0 Å². The van der Waals surface area contributed by atoms with Gasteiger partial charge in [-0.1, -0.05) is 94.4 Å². The molecule has 1 aliphatic heterocycles. The highest BCUT2D eigenvalue weighted by Gasteiger charge is 2.44. The Kier molecular flexibility index (Phi) is 6.64. The molecule has 34 heavy (non-hydrogen) atoms. The van der Waals surface area contributed by atoms with E-state index in [1.54, 1.807) is 30.5 Å². The van der Waals surface area contributed by atoms with E-state index in [1.165, 1.54) is 10.6 Å². The summed E-state index contributed by atoms with van der Waals surface area (Å²) in [5.74, 6) is -1.46. The lowest BCUT2D eigenvalue weighted by atomic mass is 9.80. The molecule has 5 nitrogen and oxygen atoms in total. The molecule has 0 bridgehead atoms. The van der Waals surface area contributed by atoms with Crippen LogP contribution in [0.25, 0.3) is 0 Å². The first-order valence-corrected chi connectivity index (χ1v) is 11.7. The van der Waals surface area contributed by atoms with Crippen LogP contribution in [0.3, 0.4) is 0 Å². The van der Waals surface area contributed by atoms with Crippen LogP contribution >= 0.6 is 0 Å². The number of hydrogen-bond acceptors (Lipinski definition) is 3. The number of hydrazone groups is 1. The van der Waals surface area contributed by atoms with Gasteiger partial charge in [-0.05, 0) is 45.7 Å². The fourth-order valence-corrected chi connectivity index (χ4v) is 4.42. The molecule has 0 spiro atoms. The summed E-state index contributed by atoms with van der Waals surface area (Å²) in [5, 5.41) is 16.1. The van der Waals surface area contributed by atoms with E-state index in [0.29, 0.717) is 23.0 Å². The molecule has 1 aliphatic rings. The molecule has 1 heterocycles. The van der Waals surface area contributed by atoms with E-state index in [4.69, 9.17) is 0 Å². The largest absolute Gasteiger partial charge is 0.481 e. The molecule has 0 fully saturated rings. The van der Waals surface area contributed by atoms with Crippen molar-refractivity contribution in [3.05, 3.63) is 106 Å². The van der Waals surface area contributed by atoms with Crippen LogP contribution in [-0.4, -0.2) is 28.2 Å². The number of amides is 1. The third-order valence-electron chi connectivity index (χ3n) is 6.46. The second-order valence-electron chi connectivity index (χ2n) is 9.39. The van der Waals surface area contributed by atoms with Gasteiger partial charge in [0.2, 0.25) is 0 Å². The summed E-state index contributed by atoms with van der Waals surface area (Å²) >= 11 is 0. The van der Waals surface area contributed by atoms with Crippen molar-refractivity contribution in [2.24, 2.45) is 5.10 Å². The highest BCUT2D eigenvalue weighted by atomic mass is 16.4. The van der Waals surface area contributed by atoms with Crippen molar-refractivity contribution < 1.29 is 14.7 Å². The second kappa shape index (κ2) is 9.64. The number of carbonyl (C=O) groups is 2. The van der Waals surface area contributed by atoms with Crippen molar-refractivity contribution in [2.45, 2.75) is 51.5 Å². The SMILES string of the molecule is CC(C)c1ccc(/C=N/N2C(=O)c3ccccc3[C@H](C(=O)O)[C@@H]2c2ccc(C(C)C)cc2)cc1.